The normalized spacial score (nSPS) is 19.7. The monoisotopic (exact) mass is 306 g/mol. The number of benzene rings is 1. The molecule has 6 heteroatoms. The van der Waals surface area contributed by atoms with Gasteiger partial charge in [-0.3, -0.25) is 9.69 Å². The molecule has 1 aliphatic heterocycles. The molecule has 0 aliphatic carbocycles. The van der Waals surface area contributed by atoms with Crippen LogP contribution >= 0.6 is 24.8 Å². The number of nitrogens with zero attached hydrogens (tertiary/aromatic N) is 1. The van der Waals surface area contributed by atoms with E-state index in [-0.39, 0.29) is 30.7 Å². The highest BCUT2D eigenvalue weighted by Gasteiger charge is 2.23. The Morgan fingerprint density at radius 2 is 2.00 bits per heavy atom. The van der Waals surface area contributed by atoms with Gasteiger partial charge < -0.3 is 10.4 Å². The lowest BCUT2D eigenvalue weighted by atomic mass is 10.1. The molecule has 108 valence electrons. The van der Waals surface area contributed by atoms with E-state index in [1.807, 2.05) is 18.2 Å². The second kappa shape index (κ2) is 9.15. The number of aliphatic carboxylic acids is 1. The third kappa shape index (κ3) is 5.78. The van der Waals surface area contributed by atoms with Crippen LogP contribution in [0.2, 0.25) is 0 Å². The summed E-state index contributed by atoms with van der Waals surface area (Å²) in [5, 5.41) is 12.3. The lowest BCUT2D eigenvalue weighted by Gasteiger charge is -2.21. The second-order valence-electron chi connectivity index (χ2n) is 4.46. The molecule has 1 saturated heterocycles. The molecule has 0 spiro atoms. The molecule has 0 aromatic heterocycles. The standard InChI is InChI=1S/C13H18N2O2.2ClH/c16-13(17)12-8-14-6-7-15(10-12)9-11-4-2-1-3-5-11;;/h1-5,12,14H,6-10H2,(H,16,17);2*1H. The van der Waals surface area contributed by atoms with Crippen LogP contribution in [-0.2, 0) is 11.3 Å². The predicted octanol–water partition coefficient (Wildman–Crippen LogP) is 1.64. The SMILES string of the molecule is Cl.Cl.O=C(O)C1CNCCN(Cc2ccccc2)C1. The molecule has 19 heavy (non-hydrogen) atoms. The van der Waals surface area contributed by atoms with Crippen molar-refractivity contribution in [3.8, 4) is 0 Å². The van der Waals surface area contributed by atoms with Crippen molar-refractivity contribution in [2.75, 3.05) is 26.2 Å². The Bertz CT molecular complexity index is 376. The first-order valence-electron chi connectivity index (χ1n) is 5.95. The average Bonchev–Trinajstić information content (AvgIpc) is 2.56. The fourth-order valence-corrected chi connectivity index (χ4v) is 2.13. The number of hydrogen-bond donors (Lipinski definition) is 2. The van der Waals surface area contributed by atoms with Crippen molar-refractivity contribution in [1.29, 1.82) is 0 Å². The number of carbonyl (C=O) groups is 1. The van der Waals surface area contributed by atoms with E-state index in [0.717, 1.165) is 19.6 Å². The van der Waals surface area contributed by atoms with Gasteiger partial charge in [-0.2, -0.15) is 0 Å². The van der Waals surface area contributed by atoms with Gasteiger partial charge in [-0.1, -0.05) is 30.3 Å². The van der Waals surface area contributed by atoms with Crippen LogP contribution in [0.4, 0.5) is 0 Å². The smallest absolute Gasteiger partial charge is 0.309 e. The van der Waals surface area contributed by atoms with Gasteiger partial charge in [0.25, 0.3) is 0 Å². The minimum atomic E-state index is -0.711. The molecule has 1 unspecified atom stereocenters. The Hall–Kier alpha value is -0.810. The number of carboxylic acids is 1. The zero-order chi connectivity index (χ0) is 12.1. The maximum absolute atomic E-state index is 11.0. The highest BCUT2D eigenvalue weighted by atomic mass is 35.5. The molecule has 0 amide bonds. The number of rotatable bonds is 3. The fourth-order valence-electron chi connectivity index (χ4n) is 2.13. The fraction of sp³-hybridized carbons (Fsp3) is 0.462. The third-order valence-corrected chi connectivity index (χ3v) is 3.07. The Morgan fingerprint density at radius 3 is 2.63 bits per heavy atom. The molecular formula is C13H20Cl2N2O2. The molecule has 1 aliphatic rings. The summed E-state index contributed by atoms with van der Waals surface area (Å²) in [6.07, 6.45) is 0. The molecule has 4 nitrogen and oxygen atoms in total. The summed E-state index contributed by atoms with van der Waals surface area (Å²) in [7, 11) is 0. The molecule has 1 atom stereocenters. The minimum Gasteiger partial charge on any atom is -0.481 e. The van der Waals surface area contributed by atoms with Gasteiger partial charge in [-0.05, 0) is 5.56 Å². The predicted molar refractivity (Wildman–Crippen MR) is 80.2 cm³/mol. The number of hydrogen-bond acceptors (Lipinski definition) is 3. The van der Waals surface area contributed by atoms with Crippen molar-refractivity contribution in [2.45, 2.75) is 6.54 Å². The first kappa shape index (κ1) is 18.2. The summed E-state index contributed by atoms with van der Waals surface area (Å²) in [6, 6.07) is 10.2. The summed E-state index contributed by atoms with van der Waals surface area (Å²) < 4.78 is 0. The topological polar surface area (TPSA) is 52.6 Å². The van der Waals surface area contributed by atoms with E-state index < -0.39 is 5.97 Å². The summed E-state index contributed by atoms with van der Waals surface area (Å²) in [6.45, 7) is 3.78. The Labute approximate surface area is 126 Å². The summed E-state index contributed by atoms with van der Waals surface area (Å²) in [5.74, 6) is -1.02. The van der Waals surface area contributed by atoms with Crippen LogP contribution in [0.5, 0.6) is 0 Å². The zero-order valence-corrected chi connectivity index (χ0v) is 12.3. The molecule has 2 rings (SSSR count). The number of nitrogens with one attached hydrogen (secondary N) is 1. The Morgan fingerprint density at radius 1 is 1.32 bits per heavy atom. The lowest BCUT2D eigenvalue weighted by molar-refractivity contribution is -0.142. The lowest BCUT2D eigenvalue weighted by Crippen LogP contribution is -2.33. The molecule has 1 heterocycles. The van der Waals surface area contributed by atoms with Crippen molar-refractivity contribution < 1.29 is 9.90 Å². The van der Waals surface area contributed by atoms with Gasteiger partial charge in [0.1, 0.15) is 0 Å². The summed E-state index contributed by atoms with van der Waals surface area (Å²) >= 11 is 0. The molecule has 1 fully saturated rings. The van der Waals surface area contributed by atoms with E-state index in [1.54, 1.807) is 0 Å². The van der Waals surface area contributed by atoms with Gasteiger partial charge in [0, 0.05) is 32.7 Å². The van der Waals surface area contributed by atoms with E-state index >= 15 is 0 Å². The van der Waals surface area contributed by atoms with E-state index in [2.05, 4.69) is 22.3 Å². The maximum atomic E-state index is 11.0. The second-order valence-corrected chi connectivity index (χ2v) is 4.46. The third-order valence-electron chi connectivity index (χ3n) is 3.07. The highest BCUT2D eigenvalue weighted by molar-refractivity contribution is 5.85. The minimum absolute atomic E-state index is 0. The van der Waals surface area contributed by atoms with Gasteiger partial charge in [0.05, 0.1) is 5.92 Å². The largest absolute Gasteiger partial charge is 0.481 e. The van der Waals surface area contributed by atoms with Gasteiger partial charge >= 0.3 is 5.97 Å². The molecule has 0 saturated carbocycles. The van der Waals surface area contributed by atoms with Gasteiger partial charge in [0.15, 0.2) is 0 Å². The van der Waals surface area contributed by atoms with Crippen LogP contribution in [0.15, 0.2) is 30.3 Å². The Balaban J connectivity index is 0.00000162. The van der Waals surface area contributed by atoms with Crippen LogP contribution < -0.4 is 5.32 Å². The summed E-state index contributed by atoms with van der Waals surface area (Å²) in [5.41, 5.74) is 1.23. The van der Waals surface area contributed by atoms with Crippen LogP contribution in [0.25, 0.3) is 0 Å². The zero-order valence-electron chi connectivity index (χ0n) is 10.6. The van der Waals surface area contributed by atoms with Crippen LogP contribution in [0, 0.1) is 5.92 Å². The first-order chi connectivity index (χ1) is 8.25. The van der Waals surface area contributed by atoms with Crippen molar-refractivity contribution in [2.24, 2.45) is 5.92 Å². The van der Waals surface area contributed by atoms with Gasteiger partial charge in [-0.15, -0.1) is 24.8 Å². The molecule has 1 aromatic rings. The van der Waals surface area contributed by atoms with E-state index in [4.69, 9.17) is 5.11 Å². The number of carboxylic acid groups (broad SMARTS) is 1. The van der Waals surface area contributed by atoms with E-state index in [9.17, 15) is 4.79 Å². The van der Waals surface area contributed by atoms with Crippen molar-refractivity contribution in [3.63, 3.8) is 0 Å². The first-order valence-corrected chi connectivity index (χ1v) is 5.95. The van der Waals surface area contributed by atoms with Gasteiger partial charge in [-0.25, -0.2) is 0 Å². The average molecular weight is 307 g/mol. The van der Waals surface area contributed by atoms with Crippen molar-refractivity contribution >= 4 is 30.8 Å². The molecule has 0 radical (unpaired) electrons. The molecule has 1 aromatic carbocycles. The van der Waals surface area contributed by atoms with Crippen molar-refractivity contribution in [3.05, 3.63) is 35.9 Å². The quantitative estimate of drug-likeness (QED) is 0.891. The summed E-state index contributed by atoms with van der Waals surface area (Å²) in [4.78, 5) is 13.2. The molecular weight excluding hydrogens is 287 g/mol. The molecule has 0 bridgehead atoms. The van der Waals surface area contributed by atoms with Gasteiger partial charge in [0.2, 0.25) is 0 Å². The molecule has 2 N–H and O–H groups in total. The Kier molecular flexibility index (Phi) is 8.76. The van der Waals surface area contributed by atoms with Crippen LogP contribution in [0.1, 0.15) is 5.56 Å². The van der Waals surface area contributed by atoms with E-state index in [1.165, 1.54) is 5.56 Å². The highest BCUT2D eigenvalue weighted by Crippen LogP contribution is 2.09. The van der Waals surface area contributed by atoms with Crippen LogP contribution in [-0.4, -0.2) is 42.2 Å². The number of halogens is 2. The maximum Gasteiger partial charge on any atom is 0.309 e. The van der Waals surface area contributed by atoms with Crippen LogP contribution in [0.3, 0.4) is 0 Å². The van der Waals surface area contributed by atoms with Crippen molar-refractivity contribution in [1.82, 2.24) is 10.2 Å². The van der Waals surface area contributed by atoms with E-state index in [0.29, 0.717) is 13.1 Å².